The number of ether oxygens (including phenoxy) is 1. The number of thiocarbonyl (C=S) groups is 1. The molecule has 0 aliphatic heterocycles. The van der Waals surface area contributed by atoms with E-state index in [4.69, 9.17) is 17.0 Å². The lowest BCUT2D eigenvalue weighted by Gasteiger charge is -2.15. The topological polar surface area (TPSA) is 79.5 Å². The summed E-state index contributed by atoms with van der Waals surface area (Å²) >= 11 is 5.25. The number of hydrogen-bond acceptors (Lipinski definition) is 4. The highest BCUT2D eigenvalue weighted by molar-refractivity contribution is 7.80. The SMILES string of the molecule is CCCCCOc1ccc(C(=O)NC(=S)Nc2ccccc2C(=O)NC(C)C)cc1. The first-order chi connectivity index (χ1) is 14.4. The molecule has 0 aromatic heterocycles. The number of carbonyl (C=O) groups excluding carboxylic acids is 2. The second-order valence-corrected chi connectivity index (χ2v) is 7.57. The van der Waals surface area contributed by atoms with E-state index >= 15 is 0 Å². The van der Waals surface area contributed by atoms with Crippen LogP contribution in [0.5, 0.6) is 5.75 Å². The smallest absolute Gasteiger partial charge is 0.257 e. The first-order valence-corrected chi connectivity index (χ1v) is 10.6. The van der Waals surface area contributed by atoms with Crippen LogP contribution in [0, 0.1) is 0 Å². The third-order valence-electron chi connectivity index (χ3n) is 4.20. The Morgan fingerprint density at radius 2 is 1.70 bits per heavy atom. The first-order valence-electron chi connectivity index (χ1n) is 10.2. The molecule has 0 bridgehead atoms. The third kappa shape index (κ3) is 7.48. The molecule has 0 saturated carbocycles. The fourth-order valence-corrected chi connectivity index (χ4v) is 2.91. The summed E-state index contributed by atoms with van der Waals surface area (Å²) in [7, 11) is 0. The van der Waals surface area contributed by atoms with Gasteiger partial charge in [-0.1, -0.05) is 31.9 Å². The van der Waals surface area contributed by atoms with Crippen LogP contribution in [0.2, 0.25) is 0 Å². The Bertz CT molecular complexity index is 866. The van der Waals surface area contributed by atoms with Gasteiger partial charge in [0.05, 0.1) is 17.9 Å². The fourth-order valence-electron chi connectivity index (χ4n) is 2.70. The van der Waals surface area contributed by atoms with Gasteiger partial charge in [0.2, 0.25) is 0 Å². The third-order valence-corrected chi connectivity index (χ3v) is 4.40. The van der Waals surface area contributed by atoms with Gasteiger partial charge in [-0.3, -0.25) is 14.9 Å². The van der Waals surface area contributed by atoms with Crippen molar-refractivity contribution in [2.45, 2.75) is 46.1 Å². The standard InChI is InChI=1S/C23H29N3O3S/c1-4-5-8-15-29-18-13-11-17(12-14-18)21(27)26-23(30)25-20-10-7-6-9-19(20)22(28)24-16(2)3/h6-7,9-14,16H,4-5,8,15H2,1-3H3,(H,24,28)(H2,25,26,27,30). The minimum Gasteiger partial charge on any atom is -0.494 e. The molecule has 0 aliphatic carbocycles. The van der Waals surface area contributed by atoms with E-state index in [0.29, 0.717) is 23.4 Å². The summed E-state index contributed by atoms with van der Waals surface area (Å²) in [5.74, 6) is 0.180. The van der Waals surface area contributed by atoms with Crippen LogP contribution in [0.15, 0.2) is 48.5 Å². The van der Waals surface area contributed by atoms with E-state index in [1.165, 1.54) is 0 Å². The van der Waals surface area contributed by atoms with Crippen molar-refractivity contribution >= 4 is 34.8 Å². The Labute approximate surface area is 183 Å². The van der Waals surface area contributed by atoms with Crippen LogP contribution in [0.4, 0.5) is 5.69 Å². The van der Waals surface area contributed by atoms with Gasteiger partial charge in [-0.25, -0.2) is 0 Å². The summed E-state index contributed by atoms with van der Waals surface area (Å²) in [4.78, 5) is 24.8. The average Bonchev–Trinajstić information content (AvgIpc) is 2.71. The predicted octanol–water partition coefficient (Wildman–Crippen LogP) is 4.52. The van der Waals surface area contributed by atoms with Crippen molar-refractivity contribution in [3.8, 4) is 5.75 Å². The fraction of sp³-hybridized carbons (Fsp3) is 0.348. The van der Waals surface area contributed by atoms with Crippen molar-refractivity contribution in [2.75, 3.05) is 11.9 Å². The van der Waals surface area contributed by atoms with E-state index < -0.39 is 0 Å². The maximum atomic E-state index is 12.5. The summed E-state index contributed by atoms with van der Waals surface area (Å²) in [6.07, 6.45) is 3.28. The number of unbranched alkanes of at least 4 members (excludes halogenated alkanes) is 2. The van der Waals surface area contributed by atoms with Crippen LogP contribution < -0.4 is 20.7 Å². The Kier molecular flexibility index (Phi) is 9.28. The van der Waals surface area contributed by atoms with Crippen molar-refractivity contribution in [1.29, 1.82) is 0 Å². The molecular weight excluding hydrogens is 398 g/mol. The van der Waals surface area contributed by atoms with Crippen LogP contribution in [-0.4, -0.2) is 29.6 Å². The number of amides is 2. The molecule has 0 unspecified atom stereocenters. The lowest BCUT2D eigenvalue weighted by atomic mass is 10.1. The van der Waals surface area contributed by atoms with Crippen LogP contribution in [-0.2, 0) is 0 Å². The molecule has 2 aromatic rings. The Balaban J connectivity index is 1.94. The van der Waals surface area contributed by atoms with Gasteiger partial charge in [0.25, 0.3) is 11.8 Å². The second-order valence-electron chi connectivity index (χ2n) is 7.16. The van der Waals surface area contributed by atoms with Crippen molar-refractivity contribution in [1.82, 2.24) is 10.6 Å². The molecule has 0 spiro atoms. The molecule has 2 rings (SSSR count). The van der Waals surface area contributed by atoms with Gasteiger partial charge in [0.15, 0.2) is 5.11 Å². The highest BCUT2D eigenvalue weighted by atomic mass is 32.1. The zero-order valence-corrected chi connectivity index (χ0v) is 18.5. The number of benzene rings is 2. The minimum absolute atomic E-state index is 0.0100. The molecule has 6 nitrogen and oxygen atoms in total. The number of hydrogen-bond donors (Lipinski definition) is 3. The summed E-state index contributed by atoms with van der Waals surface area (Å²) in [5, 5.41) is 8.53. The summed E-state index contributed by atoms with van der Waals surface area (Å²) in [6.45, 7) is 6.59. The number of nitrogens with one attached hydrogen (secondary N) is 3. The van der Waals surface area contributed by atoms with Crippen molar-refractivity contribution in [2.24, 2.45) is 0 Å². The Morgan fingerprint density at radius 3 is 2.37 bits per heavy atom. The van der Waals surface area contributed by atoms with Crippen LogP contribution >= 0.6 is 12.2 Å². The van der Waals surface area contributed by atoms with Gasteiger partial charge in [0.1, 0.15) is 5.75 Å². The maximum absolute atomic E-state index is 12.5. The molecule has 30 heavy (non-hydrogen) atoms. The van der Waals surface area contributed by atoms with E-state index in [-0.39, 0.29) is 23.0 Å². The zero-order valence-electron chi connectivity index (χ0n) is 17.7. The van der Waals surface area contributed by atoms with E-state index in [1.807, 2.05) is 13.8 Å². The minimum atomic E-state index is -0.339. The molecule has 7 heteroatoms. The van der Waals surface area contributed by atoms with Gasteiger partial charge in [-0.05, 0) is 68.9 Å². The van der Waals surface area contributed by atoms with E-state index in [0.717, 1.165) is 25.0 Å². The molecule has 0 radical (unpaired) electrons. The number of anilines is 1. The maximum Gasteiger partial charge on any atom is 0.257 e. The number of rotatable bonds is 9. The molecule has 3 N–H and O–H groups in total. The normalized spacial score (nSPS) is 10.4. The Hall–Kier alpha value is -2.93. The summed E-state index contributed by atoms with van der Waals surface area (Å²) in [6, 6.07) is 13.9. The lowest BCUT2D eigenvalue weighted by molar-refractivity contribution is 0.0942. The van der Waals surface area contributed by atoms with Crippen molar-refractivity contribution in [3.63, 3.8) is 0 Å². The largest absolute Gasteiger partial charge is 0.494 e. The van der Waals surface area contributed by atoms with E-state index in [9.17, 15) is 9.59 Å². The molecule has 160 valence electrons. The highest BCUT2D eigenvalue weighted by Gasteiger charge is 2.14. The average molecular weight is 428 g/mol. The highest BCUT2D eigenvalue weighted by Crippen LogP contribution is 2.16. The van der Waals surface area contributed by atoms with Gasteiger partial charge in [-0.2, -0.15) is 0 Å². The van der Waals surface area contributed by atoms with E-state index in [2.05, 4.69) is 22.9 Å². The van der Waals surface area contributed by atoms with Crippen LogP contribution in [0.3, 0.4) is 0 Å². The molecule has 0 saturated heterocycles. The van der Waals surface area contributed by atoms with E-state index in [1.54, 1.807) is 48.5 Å². The summed E-state index contributed by atoms with van der Waals surface area (Å²) in [5.41, 5.74) is 1.44. The molecule has 2 amide bonds. The monoisotopic (exact) mass is 427 g/mol. The zero-order chi connectivity index (χ0) is 21.9. The van der Waals surface area contributed by atoms with Crippen molar-refractivity contribution in [3.05, 3.63) is 59.7 Å². The molecule has 0 atom stereocenters. The summed E-state index contributed by atoms with van der Waals surface area (Å²) < 4.78 is 5.66. The van der Waals surface area contributed by atoms with Gasteiger partial charge in [-0.15, -0.1) is 0 Å². The predicted molar refractivity (Wildman–Crippen MR) is 124 cm³/mol. The molecule has 2 aromatic carbocycles. The Morgan fingerprint density at radius 1 is 1.00 bits per heavy atom. The molecular formula is C23H29N3O3S. The molecule has 0 aliphatic rings. The number of para-hydroxylation sites is 1. The van der Waals surface area contributed by atoms with Crippen LogP contribution in [0.25, 0.3) is 0 Å². The van der Waals surface area contributed by atoms with Crippen molar-refractivity contribution < 1.29 is 14.3 Å². The molecule has 0 heterocycles. The first kappa shape index (κ1) is 23.3. The second kappa shape index (κ2) is 11.9. The molecule has 0 fully saturated rings. The van der Waals surface area contributed by atoms with Gasteiger partial charge >= 0.3 is 0 Å². The van der Waals surface area contributed by atoms with Gasteiger partial charge in [0, 0.05) is 11.6 Å². The number of carbonyl (C=O) groups is 2. The van der Waals surface area contributed by atoms with Crippen LogP contribution in [0.1, 0.15) is 60.7 Å². The quantitative estimate of drug-likeness (QED) is 0.405. The van der Waals surface area contributed by atoms with Gasteiger partial charge < -0.3 is 15.4 Å². The lowest BCUT2D eigenvalue weighted by Crippen LogP contribution is -2.35.